The molecular formula is C19H33NO3. The lowest BCUT2D eigenvalue weighted by Gasteiger charge is -2.34. The SMILES string of the molecule is CCCC(C)CC1(C(=O)N[C@@H]2CCC[C@H](C(=O)O)C2)CCCC1. The summed E-state index contributed by atoms with van der Waals surface area (Å²) in [6.07, 6.45) is 10.8. The van der Waals surface area contributed by atoms with E-state index >= 15 is 0 Å². The van der Waals surface area contributed by atoms with Gasteiger partial charge in [0.25, 0.3) is 0 Å². The molecule has 2 aliphatic carbocycles. The van der Waals surface area contributed by atoms with Crippen LogP contribution in [0.25, 0.3) is 0 Å². The van der Waals surface area contributed by atoms with Crippen molar-refractivity contribution in [1.29, 1.82) is 0 Å². The average molecular weight is 323 g/mol. The Kier molecular flexibility index (Phi) is 6.49. The molecule has 0 heterocycles. The zero-order valence-electron chi connectivity index (χ0n) is 14.8. The second-order valence-electron chi connectivity index (χ2n) is 7.96. The number of carbonyl (C=O) groups is 2. The van der Waals surface area contributed by atoms with E-state index in [0.29, 0.717) is 12.3 Å². The van der Waals surface area contributed by atoms with Gasteiger partial charge in [-0.2, -0.15) is 0 Å². The molecule has 0 aliphatic heterocycles. The summed E-state index contributed by atoms with van der Waals surface area (Å²) in [5, 5.41) is 12.4. The molecule has 2 rings (SSSR count). The van der Waals surface area contributed by atoms with Crippen molar-refractivity contribution in [2.45, 2.75) is 90.5 Å². The van der Waals surface area contributed by atoms with Crippen LogP contribution in [-0.2, 0) is 9.59 Å². The quantitative estimate of drug-likeness (QED) is 0.740. The van der Waals surface area contributed by atoms with Gasteiger partial charge in [0.05, 0.1) is 5.92 Å². The van der Waals surface area contributed by atoms with E-state index in [1.807, 2.05) is 0 Å². The molecule has 0 spiro atoms. The van der Waals surface area contributed by atoms with Crippen LogP contribution in [-0.4, -0.2) is 23.0 Å². The van der Waals surface area contributed by atoms with E-state index in [1.54, 1.807) is 0 Å². The van der Waals surface area contributed by atoms with Crippen LogP contribution in [0.1, 0.15) is 84.5 Å². The lowest BCUT2D eigenvalue weighted by Crippen LogP contribution is -2.47. The second kappa shape index (κ2) is 8.16. The number of carbonyl (C=O) groups excluding carboxylic acids is 1. The van der Waals surface area contributed by atoms with Gasteiger partial charge in [0, 0.05) is 11.5 Å². The van der Waals surface area contributed by atoms with Gasteiger partial charge in [-0.15, -0.1) is 0 Å². The molecule has 0 aromatic rings. The first-order valence-electron chi connectivity index (χ1n) is 9.50. The van der Waals surface area contributed by atoms with Gasteiger partial charge in [0.2, 0.25) is 5.91 Å². The third kappa shape index (κ3) is 4.71. The van der Waals surface area contributed by atoms with Crippen LogP contribution in [0.2, 0.25) is 0 Å². The average Bonchev–Trinajstić information content (AvgIpc) is 2.97. The molecule has 1 unspecified atom stereocenters. The number of amides is 1. The highest BCUT2D eigenvalue weighted by Gasteiger charge is 2.42. The molecule has 3 atom stereocenters. The van der Waals surface area contributed by atoms with Gasteiger partial charge in [-0.25, -0.2) is 0 Å². The van der Waals surface area contributed by atoms with Crippen LogP contribution in [0.3, 0.4) is 0 Å². The summed E-state index contributed by atoms with van der Waals surface area (Å²) >= 11 is 0. The van der Waals surface area contributed by atoms with Crippen LogP contribution >= 0.6 is 0 Å². The van der Waals surface area contributed by atoms with Gasteiger partial charge in [-0.1, -0.05) is 46.0 Å². The Morgan fingerprint density at radius 2 is 1.91 bits per heavy atom. The standard InChI is InChI=1S/C19H33NO3/c1-3-7-14(2)13-19(10-4-5-11-19)18(23)20-16-9-6-8-15(12-16)17(21)22/h14-16H,3-13H2,1-2H3,(H,20,23)(H,21,22)/t14?,15-,16+/m0/s1. The Hall–Kier alpha value is -1.06. The van der Waals surface area contributed by atoms with E-state index in [9.17, 15) is 14.7 Å². The van der Waals surface area contributed by atoms with Crippen molar-refractivity contribution in [3.63, 3.8) is 0 Å². The minimum Gasteiger partial charge on any atom is -0.481 e. The Labute approximate surface area is 140 Å². The number of hydrogen-bond acceptors (Lipinski definition) is 2. The molecule has 0 aromatic heterocycles. The van der Waals surface area contributed by atoms with Gasteiger partial charge >= 0.3 is 5.97 Å². The summed E-state index contributed by atoms with van der Waals surface area (Å²) in [5.74, 6) is -0.209. The number of carboxylic acids is 1. The highest BCUT2D eigenvalue weighted by atomic mass is 16.4. The van der Waals surface area contributed by atoms with Crippen LogP contribution in [0.4, 0.5) is 0 Å². The highest BCUT2D eigenvalue weighted by molar-refractivity contribution is 5.83. The normalized spacial score (nSPS) is 28.3. The van der Waals surface area contributed by atoms with Gasteiger partial charge in [0.15, 0.2) is 0 Å². The molecule has 0 radical (unpaired) electrons. The second-order valence-corrected chi connectivity index (χ2v) is 7.96. The van der Waals surface area contributed by atoms with Crippen molar-refractivity contribution in [3.8, 4) is 0 Å². The zero-order chi connectivity index (χ0) is 16.9. The van der Waals surface area contributed by atoms with Crippen molar-refractivity contribution >= 4 is 11.9 Å². The Balaban J connectivity index is 1.96. The molecule has 2 fully saturated rings. The summed E-state index contributed by atoms with van der Waals surface area (Å²) in [7, 11) is 0. The molecule has 2 saturated carbocycles. The molecule has 2 aliphatic rings. The fraction of sp³-hybridized carbons (Fsp3) is 0.895. The minimum absolute atomic E-state index is 0.0521. The smallest absolute Gasteiger partial charge is 0.306 e. The molecule has 0 bridgehead atoms. The molecular weight excluding hydrogens is 290 g/mol. The predicted octanol–water partition coefficient (Wildman–Crippen LogP) is 4.13. The topological polar surface area (TPSA) is 66.4 Å². The van der Waals surface area contributed by atoms with E-state index in [0.717, 1.165) is 51.4 Å². The third-order valence-corrected chi connectivity index (χ3v) is 5.92. The fourth-order valence-electron chi connectivity index (χ4n) is 4.72. The number of carboxylic acid groups (broad SMARTS) is 1. The highest BCUT2D eigenvalue weighted by Crippen LogP contribution is 2.44. The van der Waals surface area contributed by atoms with Crippen LogP contribution < -0.4 is 5.32 Å². The number of aliphatic carboxylic acids is 1. The van der Waals surface area contributed by atoms with E-state index in [2.05, 4.69) is 19.2 Å². The van der Waals surface area contributed by atoms with E-state index < -0.39 is 5.97 Å². The lowest BCUT2D eigenvalue weighted by molar-refractivity contribution is -0.144. The molecule has 4 nitrogen and oxygen atoms in total. The van der Waals surface area contributed by atoms with E-state index in [4.69, 9.17) is 0 Å². The maximum Gasteiger partial charge on any atom is 0.306 e. The molecule has 2 N–H and O–H groups in total. The van der Waals surface area contributed by atoms with Crippen molar-refractivity contribution in [2.75, 3.05) is 0 Å². The van der Waals surface area contributed by atoms with Crippen LogP contribution in [0, 0.1) is 17.3 Å². The molecule has 23 heavy (non-hydrogen) atoms. The Morgan fingerprint density at radius 1 is 1.22 bits per heavy atom. The first-order chi connectivity index (χ1) is 11.0. The summed E-state index contributed by atoms with van der Waals surface area (Å²) in [6, 6.07) is 0.0521. The number of hydrogen-bond donors (Lipinski definition) is 2. The third-order valence-electron chi connectivity index (χ3n) is 5.92. The van der Waals surface area contributed by atoms with Gasteiger partial charge in [0.1, 0.15) is 0 Å². The first-order valence-corrected chi connectivity index (χ1v) is 9.50. The molecule has 1 amide bonds. The van der Waals surface area contributed by atoms with Crippen LogP contribution in [0.15, 0.2) is 0 Å². The van der Waals surface area contributed by atoms with Gasteiger partial charge < -0.3 is 10.4 Å². The van der Waals surface area contributed by atoms with Crippen molar-refractivity contribution in [3.05, 3.63) is 0 Å². The Morgan fingerprint density at radius 3 is 2.52 bits per heavy atom. The van der Waals surface area contributed by atoms with Gasteiger partial charge in [-0.3, -0.25) is 9.59 Å². The fourth-order valence-corrected chi connectivity index (χ4v) is 4.72. The lowest BCUT2D eigenvalue weighted by atomic mass is 9.75. The molecule has 0 aromatic carbocycles. The van der Waals surface area contributed by atoms with Crippen molar-refractivity contribution in [2.24, 2.45) is 17.3 Å². The summed E-state index contributed by atoms with van der Waals surface area (Å²) in [5.41, 5.74) is -0.190. The first kappa shape index (κ1) is 18.3. The van der Waals surface area contributed by atoms with Crippen LogP contribution in [0.5, 0.6) is 0 Å². The van der Waals surface area contributed by atoms with E-state index in [-0.39, 0.29) is 23.3 Å². The van der Waals surface area contributed by atoms with Crippen molar-refractivity contribution < 1.29 is 14.7 Å². The molecule has 132 valence electrons. The largest absolute Gasteiger partial charge is 0.481 e. The summed E-state index contributed by atoms with van der Waals surface area (Å²) in [6.45, 7) is 4.46. The Bertz CT molecular complexity index is 415. The monoisotopic (exact) mass is 323 g/mol. The summed E-state index contributed by atoms with van der Waals surface area (Å²) in [4.78, 5) is 24.2. The zero-order valence-corrected chi connectivity index (χ0v) is 14.8. The molecule has 4 heteroatoms. The summed E-state index contributed by atoms with van der Waals surface area (Å²) < 4.78 is 0. The van der Waals surface area contributed by atoms with Crippen molar-refractivity contribution in [1.82, 2.24) is 5.32 Å². The maximum atomic E-state index is 13.0. The molecule has 0 saturated heterocycles. The van der Waals surface area contributed by atoms with E-state index in [1.165, 1.54) is 12.8 Å². The number of rotatable bonds is 7. The number of nitrogens with one attached hydrogen (secondary N) is 1. The minimum atomic E-state index is -0.712. The van der Waals surface area contributed by atoms with Gasteiger partial charge in [-0.05, 0) is 44.4 Å². The predicted molar refractivity (Wildman–Crippen MR) is 91.1 cm³/mol. The maximum absolute atomic E-state index is 13.0.